The molecule has 0 saturated heterocycles. The van der Waals surface area contributed by atoms with Crippen LogP contribution in [0.1, 0.15) is 29.8 Å². The van der Waals surface area contributed by atoms with Crippen LogP contribution in [-0.4, -0.2) is 33.4 Å². The van der Waals surface area contributed by atoms with Gasteiger partial charge in [-0.05, 0) is 43.9 Å². The molecule has 1 aliphatic rings. The monoisotopic (exact) mass is 407 g/mol. The third-order valence-corrected chi connectivity index (χ3v) is 4.93. The van der Waals surface area contributed by atoms with E-state index in [0.717, 1.165) is 12.8 Å². The Balaban J connectivity index is 2.08. The molecule has 1 aromatic carbocycles. The van der Waals surface area contributed by atoms with E-state index in [-0.39, 0.29) is 18.0 Å². The highest BCUT2D eigenvalue weighted by atomic mass is 35.5. The molecule has 9 heteroatoms. The third kappa shape index (κ3) is 3.94. The van der Waals surface area contributed by atoms with E-state index in [2.05, 4.69) is 10.4 Å². The van der Waals surface area contributed by atoms with Gasteiger partial charge in [0.2, 0.25) is 0 Å². The number of aromatic nitrogens is 2. The van der Waals surface area contributed by atoms with Crippen LogP contribution in [0.4, 0.5) is 18.9 Å². The topological polar surface area (TPSA) is 50.1 Å². The second kappa shape index (κ2) is 7.66. The molecule has 0 amide bonds. The van der Waals surface area contributed by atoms with E-state index in [4.69, 9.17) is 23.2 Å². The highest BCUT2D eigenvalue weighted by Crippen LogP contribution is 2.38. The van der Waals surface area contributed by atoms with Gasteiger partial charge < -0.3 is 10.4 Å². The normalized spacial score (nSPS) is 15.6. The number of aliphatic hydroxyl groups is 1. The summed E-state index contributed by atoms with van der Waals surface area (Å²) >= 11 is 11.6. The number of benzene rings is 1. The fraction of sp³-hybridized carbons (Fsp3) is 0.471. The molecule has 0 spiro atoms. The molecule has 1 atom stereocenters. The largest absolute Gasteiger partial charge is 0.435 e. The Morgan fingerprint density at radius 2 is 2.00 bits per heavy atom. The fourth-order valence-electron chi connectivity index (χ4n) is 3.14. The number of anilines is 1. The molecule has 4 nitrogen and oxygen atoms in total. The summed E-state index contributed by atoms with van der Waals surface area (Å²) in [5, 5.41) is 17.0. The van der Waals surface area contributed by atoms with Gasteiger partial charge in [0.25, 0.3) is 0 Å². The van der Waals surface area contributed by atoms with E-state index in [1.54, 1.807) is 18.2 Å². The van der Waals surface area contributed by atoms with E-state index in [1.807, 2.05) is 0 Å². The van der Waals surface area contributed by atoms with Gasteiger partial charge >= 0.3 is 6.18 Å². The summed E-state index contributed by atoms with van der Waals surface area (Å²) in [6.07, 6.45) is -2.86. The maximum atomic E-state index is 13.4. The molecule has 142 valence electrons. The van der Waals surface area contributed by atoms with E-state index >= 15 is 0 Å². The van der Waals surface area contributed by atoms with Crippen LogP contribution in [0.3, 0.4) is 0 Å². The van der Waals surface area contributed by atoms with Crippen molar-refractivity contribution in [2.24, 2.45) is 0 Å². The average molecular weight is 408 g/mol. The fourth-order valence-corrected chi connectivity index (χ4v) is 3.42. The maximum absolute atomic E-state index is 13.4. The predicted octanol–water partition coefficient (Wildman–Crippen LogP) is 4.43. The highest BCUT2D eigenvalue weighted by molar-refractivity contribution is 6.31. The van der Waals surface area contributed by atoms with Crippen molar-refractivity contribution in [1.29, 1.82) is 0 Å². The highest BCUT2D eigenvalue weighted by Gasteiger charge is 2.39. The number of fused-ring (bicyclic) bond motifs is 1. The van der Waals surface area contributed by atoms with E-state index in [0.29, 0.717) is 34.9 Å². The quantitative estimate of drug-likeness (QED) is 0.720. The lowest BCUT2D eigenvalue weighted by molar-refractivity contribution is -0.142. The lowest BCUT2D eigenvalue weighted by Gasteiger charge is -2.18. The van der Waals surface area contributed by atoms with E-state index < -0.39 is 18.0 Å². The molecule has 0 aliphatic heterocycles. The standard InChI is InChI=1S/C17H18Cl2F3N3O/c18-8-11(26)9-23-13-7-10(19)5-6-15(13)25-14-4-2-1-3-12(14)16(24-25)17(20,21)22/h5-7,11,23,26H,1-4,8-9H2. The molecule has 1 heterocycles. The Morgan fingerprint density at radius 1 is 1.27 bits per heavy atom. The smallest absolute Gasteiger partial charge is 0.390 e. The van der Waals surface area contributed by atoms with Crippen LogP contribution in [0.25, 0.3) is 5.69 Å². The Hall–Kier alpha value is -1.44. The first kappa shape index (κ1) is 19.3. The van der Waals surface area contributed by atoms with Crippen LogP contribution >= 0.6 is 23.2 Å². The van der Waals surface area contributed by atoms with Crippen molar-refractivity contribution in [3.05, 3.63) is 40.2 Å². The van der Waals surface area contributed by atoms with Crippen molar-refractivity contribution in [3.8, 4) is 5.69 Å². The van der Waals surface area contributed by atoms with E-state index in [1.165, 1.54) is 4.68 Å². The molecule has 1 aliphatic carbocycles. The summed E-state index contributed by atoms with van der Waals surface area (Å²) < 4.78 is 41.6. The molecule has 1 unspecified atom stereocenters. The summed E-state index contributed by atoms with van der Waals surface area (Å²) in [4.78, 5) is 0. The number of alkyl halides is 4. The predicted molar refractivity (Wildman–Crippen MR) is 95.4 cm³/mol. The Bertz CT molecular complexity index is 792. The number of halogens is 5. The number of hydrogen-bond acceptors (Lipinski definition) is 3. The van der Waals surface area contributed by atoms with Gasteiger partial charge in [-0.2, -0.15) is 18.3 Å². The number of hydrogen-bond donors (Lipinski definition) is 2. The van der Waals surface area contributed by atoms with Crippen LogP contribution in [-0.2, 0) is 19.0 Å². The van der Waals surface area contributed by atoms with Gasteiger partial charge in [-0.15, -0.1) is 11.6 Å². The minimum absolute atomic E-state index is 0.0400. The molecule has 2 aromatic rings. The molecule has 3 rings (SSSR count). The Labute approximate surface area is 158 Å². The molecule has 0 bridgehead atoms. The summed E-state index contributed by atoms with van der Waals surface area (Å²) in [5.74, 6) is 0.0400. The molecule has 2 N–H and O–H groups in total. The van der Waals surface area contributed by atoms with Gasteiger partial charge in [0.05, 0.1) is 23.4 Å². The average Bonchev–Trinajstić information content (AvgIpc) is 2.99. The zero-order chi connectivity index (χ0) is 18.9. The summed E-state index contributed by atoms with van der Waals surface area (Å²) in [6, 6.07) is 4.83. The summed E-state index contributed by atoms with van der Waals surface area (Å²) in [5.41, 5.74) is 0.974. The number of nitrogens with zero attached hydrogens (tertiary/aromatic N) is 2. The first-order valence-corrected chi connectivity index (χ1v) is 9.18. The van der Waals surface area contributed by atoms with Crippen molar-refractivity contribution >= 4 is 28.9 Å². The van der Waals surface area contributed by atoms with Crippen molar-refractivity contribution < 1.29 is 18.3 Å². The van der Waals surface area contributed by atoms with E-state index in [9.17, 15) is 18.3 Å². The zero-order valence-electron chi connectivity index (χ0n) is 13.8. The van der Waals surface area contributed by atoms with Gasteiger partial charge in [-0.25, -0.2) is 4.68 Å². The van der Waals surface area contributed by atoms with Crippen LogP contribution < -0.4 is 5.32 Å². The molecular weight excluding hydrogens is 390 g/mol. The van der Waals surface area contributed by atoms with Crippen LogP contribution in [0, 0.1) is 0 Å². The molecule has 26 heavy (non-hydrogen) atoms. The minimum Gasteiger partial charge on any atom is -0.390 e. The maximum Gasteiger partial charge on any atom is 0.435 e. The van der Waals surface area contributed by atoms with Crippen LogP contribution in [0.5, 0.6) is 0 Å². The second-order valence-corrected chi connectivity index (χ2v) is 6.99. The lowest BCUT2D eigenvalue weighted by atomic mass is 9.95. The first-order chi connectivity index (χ1) is 12.3. The molecule has 0 saturated carbocycles. The SMILES string of the molecule is OC(CCl)CNc1cc(Cl)ccc1-n1nc(C(F)(F)F)c2c1CCCC2. The van der Waals surface area contributed by atoms with Crippen LogP contribution in [0.2, 0.25) is 5.02 Å². The summed E-state index contributed by atoms with van der Waals surface area (Å²) in [7, 11) is 0. The van der Waals surface area contributed by atoms with Crippen molar-refractivity contribution in [3.63, 3.8) is 0 Å². The van der Waals surface area contributed by atoms with Crippen LogP contribution in [0.15, 0.2) is 18.2 Å². The van der Waals surface area contributed by atoms with Crippen molar-refractivity contribution in [2.75, 3.05) is 17.7 Å². The number of nitrogens with one attached hydrogen (secondary N) is 1. The summed E-state index contributed by atoms with van der Waals surface area (Å²) in [6.45, 7) is 0.145. The molecule has 0 fully saturated rings. The zero-order valence-corrected chi connectivity index (χ0v) is 15.3. The molecular formula is C17H18Cl2F3N3O. The number of aliphatic hydroxyl groups excluding tert-OH is 1. The van der Waals surface area contributed by atoms with Crippen molar-refractivity contribution in [1.82, 2.24) is 9.78 Å². The first-order valence-electron chi connectivity index (χ1n) is 8.27. The molecule has 0 radical (unpaired) electrons. The van der Waals surface area contributed by atoms with Crippen molar-refractivity contribution in [2.45, 2.75) is 38.0 Å². The van der Waals surface area contributed by atoms with Gasteiger partial charge in [-0.3, -0.25) is 0 Å². The Morgan fingerprint density at radius 3 is 2.69 bits per heavy atom. The third-order valence-electron chi connectivity index (χ3n) is 4.34. The van der Waals surface area contributed by atoms with Gasteiger partial charge in [-0.1, -0.05) is 11.6 Å². The number of rotatable bonds is 5. The second-order valence-electron chi connectivity index (χ2n) is 6.24. The van der Waals surface area contributed by atoms with Gasteiger partial charge in [0.1, 0.15) is 0 Å². The molecule has 1 aromatic heterocycles. The Kier molecular flexibility index (Phi) is 5.69. The minimum atomic E-state index is -4.50. The lowest BCUT2D eigenvalue weighted by Crippen LogP contribution is -2.21. The van der Waals surface area contributed by atoms with Gasteiger partial charge in [0, 0.05) is 22.8 Å². The van der Waals surface area contributed by atoms with Gasteiger partial charge in [0.15, 0.2) is 5.69 Å².